The van der Waals surface area contributed by atoms with Gasteiger partial charge in [-0.05, 0) is 40.9 Å². The molecule has 2 rings (SSSR count). The normalized spacial score (nSPS) is 17.2. The lowest BCUT2D eigenvalue weighted by molar-refractivity contribution is 0.0919. The smallest absolute Gasteiger partial charge is 0.256 e. The van der Waals surface area contributed by atoms with Gasteiger partial charge < -0.3 is 11.1 Å². The number of hydrogen-bond donors (Lipinski definition) is 2. The van der Waals surface area contributed by atoms with E-state index >= 15 is 0 Å². The summed E-state index contributed by atoms with van der Waals surface area (Å²) in [5, 5.41) is 2.81. The Morgan fingerprint density at radius 2 is 2.05 bits per heavy atom. The second-order valence-electron chi connectivity index (χ2n) is 4.70. The van der Waals surface area contributed by atoms with E-state index in [0.717, 1.165) is 12.8 Å². The standard InChI is InChI=1S/C13H14BrFN2OS/c14-8-4-3-5-9(15)10(8)11(18)17-13(12(16)19)6-1-2-7-13/h3-5H,1-2,6-7H2,(H2,16,19)(H,17,18). The fourth-order valence-electron chi connectivity index (χ4n) is 2.41. The predicted octanol–water partition coefficient (Wildman–Crippen LogP) is 2.92. The Kier molecular flexibility index (Phi) is 4.20. The Hall–Kier alpha value is -1.01. The van der Waals surface area contributed by atoms with Crippen molar-refractivity contribution in [3.8, 4) is 0 Å². The van der Waals surface area contributed by atoms with Gasteiger partial charge in [0, 0.05) is 4.47 Å². The molecule has 0 bridgehead atoms. The maximum atomic E-state index is 13.7. The molecule has 1 aliphatic rings. The number of nitrogens with one attached hydrogen (secondary N) is 1. The molecule has 1 saturated carbocycles. The number of carbonyl (C=O) groups is 1. The summed E-state index contributed by atoms with van der Waals surface area (Å²) < 4.78 is 14.2. The molecule has 19 heavy (non-hydrogen) atoms. The zero-order valence-electron chi connectivity index (χ0n) is 10.2. The number of nitrogens with two attached hydrogens (primary N) is 1. The average Bonchev–Trinajstić information content (AvgIpc) is 2.78. The highest BCUT2D eigenvalue weighted by molar-refractivity contribution is 9.10. The van der Waals surface area contributed by atoms with Crippen molar-refractivity contribution in [1.29, 1.82) is 0 Å². The predicted molar refractivity (Wildman–Crippen MR) is 79.6 cm³/mol. The minimum atomic E-state index is -0.672. The molecule has 1 fully saturated rings. The molecular formula is C13H14BrFN2OS. The van der Waals surface area contributed by atoms with Crippen molar-refractivity contribution in [2.24, 2.45) is 5.73 Å². The topological polar surface area (TPSA) is 55.1 Å². The summed E-state index contributed by atoms with van der Waals surface area (Å²) in [5.41, 5.74) is 5.06. The molecule has 1 aliphatic carbocycles. The van der Waals surface area contributed by atoms with Gasteiger partial charge in [0.15, 0.2) is 0 Å². The van der Waals surface area contributed by atoms with Crippen LogP contribution < -0.4 is 11.1 Å². The molecule has 3 nitrogen and oxygen atoms in total. The number of carbonyl (C=O) groups excluding carboxylic acids is 1. The van der Waals surface area contributed by atoms with Gasteiger partial charge >= 0.3 is 0 Å². The van der Waals surface area contributed by atoms with Crippen LogP contribution in [0.5, 0.6) is 0 Å². The third kappa shape index (κ3) is 2.79. The number of amides is 1. The first kappa shape index (κ1) is 14.4. The van der Waals surface area contributed by atoms with Gasteiger partial charge in [0.2, 0.25) is 0 Å². The van der Waals surface area contributed by atoms with Crippen molar-refractivity contribution in [2.45, 2.75) is 31.2 Å². The zero-order chi connectivity index (χ0) is 14.0. The van der Waals surface area contributed by atoms with Crippen LogP contribution in [0.2, 0.25) is 0 Å². The van der Waals surface area contributed by atoms with Crippen LogP contribution in [0.15, 0.2) is 22.7 Å². The lowest BCUT2D eigenvalue weighted by Crippen LogP contribution is -2.55. The Bertz CT molecular complexity index is 509. The molecular weight excluding hydrogens is 331 g/mol. The van der Waals surface area contributed by atoms with Gasteiger partial charge in [-0.3, -0.25) is 4.79 Å². The SMILES string of the molecule is NC(=S)C1(NC(=O)c2c(F)cccc2Br)CCCC1. The summed E-state index contributed by atoms with van der Waals surface area (Å²) in [4.78, 5) is 12.5. The molecule has 0 unspecified atom stereocenters. The molecule has 102 valence electrons. The van der Waals surface area contributed by atoms with Gasteiger partial charge in [-0.1, -0.05) is 31.1 Å². The molecule has 1 aromatic rings. The maximum absolute atomic E-state index is 13.7. The first-order valence-electron chi connectivity index (χ1n) is 6.03. The summed E-state index contributed by atoms with van der Waals surface area (Å²) in [6.07, 6.45) is 3.33. The summed E-state index contributed by atoms with van der Waals surface area (Å²) in [6, 6.07) is 4.41. The zero-order valence-corrected chi connectivity index (χ0v) is 12.6. The fraction of sp³-hybridized carbons (Fsp3) is 0.385. The minimum absolute atomic E-state index is 0.00924. The highest BCUT2D eigenvalue weighted by Crippen LogP contribution is 2.31. The number of benzene rings is 1. The molecule has 0 radical (unpaired) electrons. The van der Waals surface area contributed by atoms with Crippen LogP contribution in [0.1, 0.15) is 36.0 Å². The number of halogens is 2. The van der Waals surface area contributed by atoms with Gasteiger partial charge in [0.05, 0.1) is 16.1 Å². The van der Waals surface area contributed by atoms with Crippen LogP contribution in [0.25, 0.3) is 0 Å². The van der Waals surface area contributed by atoms with E-state index in [1.807, 2.05) is 0 Å². The lowest BCUT2D eigenvalue weighted by atomic mass is 9.97. The minimum Gasteiger partial charge on any atom is -0.391 e. The van der Waals surface area contributed by atoms with Crippen molar-refractivity contribution in [3.63, 3.8) is 0 Å². The maximum Gasteiger partial charge on any atom is 0.256 e. The van der Waals surface area contributed by atoms with Crippen molar-refractivity contribution >= 4 is 39.0 Å². The molecule has 1 amide bonds. The first-order valence-corrected chi connectivity index (χ1v) is 7.23. The Morgan fingerprint density at radius 3 is 2.58 bits per heavy atom. The Labute approximate surface area is 124 Å². The van der Waals surface area contributed by atoms with E-state index in [1.54, 1.807) is 6.07 Å². The van der Waals surface area contributed by atoms with E-state index in [9.17, 15) is 9.18 Å². The number of hydrogen-bond acceptors (Lipinski definition) is 2. The largest absolute Gasteiger partial charge is 0.391 e. The molecule has 0 spiro atoms. The number of rotatable bonds is 3. The molecule has 3 N–H and O–H groups in total. The summed E-state index contributed by atoms with van der Waals surface area (Å²) >= 11 is 8.25. The van der Waals surface area contributed by atoms with Gasteiger partial charge in [0.1, 0.15) is 5.82 Å². The van der Waals surface area contributed by atoms with Gasteiger partial charge in [-0.2, -0.15) is 0 Å². The van der Waals surface area contributed by atoms with Crippen LogP contribution >= 0.6 is 28.1 Å². The molecule has 0 atom stereocenters. The summed E-state index contributed by atoms with van der Waals surface area (Å²) in [5.74, 6) is -1.05. The van der Waals surface area contributed by atoms with E-state index in [1.165, 1.54) is 12.1 Å². The van der Waals surface area contributed by atoms with E-state index < -0.39 is 17.3 Å². The average molecular weight is 345 g/mol. The van der Waals surface area contributed by atoms with Crippen molar-refractivity contribution in [1.82, 2.24) is 5.32 Å². The van der Waals surface area contributed by atoms with Crippen LogP contribution in [0, 0.1) is 5.82 Å². The van der Waals surface area contributed by atoms with E-state index in [0.29, 0.717) is 17.3 Å². The highest BCUT2D eigenvalue weighted by Gasteiger charge is 2.39. The lowest BCUT2D eigenvalue weighted by Gasteiger charge is -2.29. The second kappa shape index (κ2) is 5.54. The highest BCUT2D eigenvalue weighted by atomic mass is 79.9. The Balaban J connectivity index is 2.28. The third-order valence-corrected chi connectivity index (χ3v) is 4.52. The van der Waals surface area contributed by atoms with E-state index in [2.05, 4.69) is 21.2 Å². The molecule has 0 aliphatic heterocycles. The van der Waals surface area contributed by atoms with Crippen LogP contribution in [-0.2, 0) is 0 Å². The van der Waals surface area contributed by atoms with E-state index in [4.69, 9.17) is 18.0 Å². The quantitative estimate of drug-likeness (QED) is 0.829. The van der Waals surface area contributed by atoms with Gasteiger partial charge in [0.25, 0.3) is 5.91 Å². The van der Waals surface area contributed by atoms with Gasteiger partial charge in [-0.25, -0.2) is 4.39 Å². The third-order valence-electron chi connectivity index (χ3n) is 3.47. The second-order valence-corrected chi connectivity index (χ2v) is 6.00. The van der Waals surface area contributed by atoms with Crippen LogP contribution in [0.3, 0.4) is 0 Å². The van der Waals surface area contributed by atoms with Crippen molar-refractivity contribution in [3.05, 3.63) is 34.1 Å². The molecule has 6 heteroatoms. The Morgan fingerprint density at radius 1 is 1.42 bits per heavy atom. The fourth-order valence-corrected chi connectivity index (χ4v) is 3.18. The van der Waals surface area contributed by atoms with Gasteiger partial charge in [-0.15, -0.1) is 0 Å². The first-order chi connectivity index (χ1) is 8.96. The molecule has 0 aromatic heterocycles. The summed E-state index contributed by atoms with van der Waals surface area (Å²) in [6.45, 7) is 0. The van der Waals surface area contributed by atoms with Crippen LogP contribution in [0.4, 0.5) is 4.39 Å². The molecule has 0 saturated heterocycles. The molecule has 1 aromatic carbocycles. The number of thiocarbonyl (C=S) groups is 1. The van der Waals surface area contributed by atoms with E-state index in [-0.39, 0.29) is 10.6 Å². The van der Waals surface area contributed by atoms with Crippen LogP contribution in [-0.4, -0.2) is 16.4 Å². The summed E-state index contributed by atoms with van der Waals surface area (Å²) in [7, 11) is 0. The monoisotopic (exact) mass is 344 g/mol. The molecule has 0 heterocycles. The van der Waals surface area contributed by atoms with Crippen molar-refractivity contribution < 1.29 is 9.18 Å². The van der Waals surface area contributed by atoms with Crippen molar-refractivity contribution in [2.75, 3.05) is 0 Å².